The Labute approximate surface area is 117 Å². The molecule has 0 aliphatic rings. The maximum Gasteiger partial charge on any atom is 0.0708 e. The minimum Gasteiger partial charge on any atom is -0.256 e. The summed E-state index contributed by atoms with van der Waals surface area (Å²) in [4.78, 5) is 8.63. The van der Waals surface area contributed by atoms with E-state index in [-0.39, 0.29) is 5.69 Å². The second-order valence-electron chi connectivity index (χ2n) is 4.20. The van der Waals surface area contributed by atoms with E-state index in [0.29, 0.717) is 5.69 Å². The van der Waals surface area contributed by atoms with Gasteiger partial charge < -0.3 is 0 Å². The summed E-state index contributed by atoms with van der Waals surface area (Å²) in [6.07, 6.45) is 1.71. The molecule has 2 nitrogen and oxygen atoms in total. The van der Waals surface area contributed by atoms with Crippen LogP contribution in [-0.4, -0.2) is 9.97 Å². The smallest absolute Gasteiger partial charge is 0.0708 e. The third kappa shape index (κ3) is 2.52. The van der Waals surface area contributed by atoms with Gasteiger partial charge in [0.1, 0.15) is 0 Å². The zero-order chi connectivity index (χ0) is 15.6. The average molecular weight is 249 g/mol. The highest BCUT2D eigenvalue weighted by Crippen LogP contribution is 2.23. The Kier molecular flexibility index (Phi) is 2.27. The normalized spacial score (nSPS) is 13.4. The molecule has 2 heteroatoms. The molecule has 3 aromatic rings. The highest BCUT2D eigenvalue weighted by atomic mass is 14.7. The summed E-state index contributed by atoms with van der Waals surface area (Å²) >= 11 is 0. The van der Waals surface area contributed by atoms with E-state index in [1.807, 2.05) is 42.5 Å². The van der Waals surface area contributed by atoms with Crippen molar-refractivity contribution in [2.45, 2.75) is 6.85 Å². The van der Waals surface area contributed by atoms with E-state index in [1.165, 1.54) is 6.07 Å². The van der Waals surface area contributed by atoms with E-state index in [0.717, 1.165) is 16.8 Å². The molecule has 0 spiro atoms. The van der Waals surface area contributed by atoms with Crippen molar-refractivity contribution in [2.24, 2.45) is 0 Å². The largest absolute Gasteiger partial charge is 0.256 e. The van der Waals surface area contributed by atoms with Crippen molar-refractivity contribution in [1.29, 1.82) is 0 Å². The zero-order valence-electron chi connectivity index (χ0n) is 13.2. The van der Waals surface area contributed by atoms with Crippen LogP contribution >= 0.6 is 0 Å². The van der Waals surface area contributed by atoms with E-state index >= 15 is 0 Å². The van der Waals surface area contributed by atoms with Crippen molar-refractivity contribution in [3.05, 3.63) is 72.6 Å². The van der Waals surface area contributed by atoms with Crippen LogP contribution < -0.4 is 0 Å². The summed E-state index contributed by atoms with van der Waals surface area (Å²) in [7, 11) is 0. The Morgan fingerprint density at radius 1 is 0.842 bits per heavy atom. The molecular formula is C17H14N2. The maximum atomic E-state index is 7.47. The molecule has 0 unspecified atom stereocenters. The lowest BCUT2D eigenvalue weighted by Crippen LogP contribution is -1.88. The van der Waals surface area contributed by atoms with Crippen LogP contribution in [0, 0.1) is 6.85 Å². The fraction of sp³-hybridized carbons (Fsp3) is 0.0588. The molecule has 19 heavy (non-hydrogen) atoms. The first-order valence-electron chi connectivity index (χ1n) is 7.53. The summed E-state index contributed by atoms with van der Waals surface area (Å²) in [5, 5.41) is 0. The molecule has 0 N–H and O–H groups in total. The quantitative estimate of drug-likeness (QED) is 0.682. The number of nitrogens with zero attached hydrogens (tertiary/aromatic N) is 2. The second-order valence-corrected chi connectivity index (χ2v) is 4.20. The van der Waals surface area contributed by atoms with Gasteiger partial charge in [0.25, 0.3) is 0 Å². The van der Waals surface area contributed by atoms with E-state index in [1.54, 1.807) is 18.3 Å². The highest BCUT2D eigenvalue weighted by molar-refractivity contribution is 5.68. The topological polar surface area (TPSA) is 25.8 Å². The fourth-order valence-electron chi connectivity index (χ4n) is 1.95. The standard InChI is InChI=1S/C17H14N2/c1-13-6-5-9-16(19-13)15-10-11-18-17(12-15)14-7-3-2-4-8-14/h2-12H,1H3/i1D3. The molecule has 1 aromatic carbocycles. The van der Waals surface area contributed by atoms with Gasteiger partial charge in [-0.2, -0.15) is 0 Å². The molecule has 0 amide bonds. The molecule has 0 radical (unpaired) electrons. The minimum absolute atomic E-state index is 0.100. The Morgan fingerprint density at radius 2 is 1.74 bits per heavy atom. The number of rotatable bonds is 2. The minimum atomic E-state index is -2.20. The predicted molar refractivity (Wildman–Crippen MR) is 77.6 cm³/mol. The summed E-state index contributed by atoms with van der Waals surface area (Å²) in [6.45, 7) is -2.20. The van der Waals surface area contributed by atoms with Gasteiger partial charge in [-0.1, -0.05) is 36.4 Å². The van der Waals surface area contributed by atoms with E-state index in [9.17, 15) is 0 Å². The number of aryl methyl sites for hydroxylation is 1. The summed E-state index contributed by atoms with van der Waals surface area (Å²) in [6, 6.07) is 18.6. The van der Waals surface area contributed by atoms with E-state index in [2.05, 4.69) is 9.97 Å². The van der Waals surface area contributed by atoms with Crippen LogP contribution in [0.15, 0.2) is 66.9 Å². The maximum absolute atomic E-state index is 7.47. The molecule has 0 aliphatic heterocycles. The zero-order valence-corrected chi connectivity index (χ0v) is 10.2. The Morgan fingerprint density at radius 3 is 2.58 bits per heavy atom. The fourth-order valence-corrected chi connectivity index (χ4v) is 1.95. The van der Waals surface area contributed by atoms with Gasteiger partial charge in [0.05, 0.1) is 11.4 Å². The van der Waals surface area contributed by atoms with Crippen LogP contribution in [0.4, 0.5) is 0 Å². The van der Waals surface area contributed by atoms with Crippen LogP contribution in [0.1, 0.15) is 9.81 Å². The van der Waals surface area contributed by atoms with Crippen molar-refractivity contribution in [3.63, 3.8) is 0 Å². The van der Waals surface area contributed by atoms with Gasteiger partial charge in [0.15, 0.2) is 0 Å². The monoisotopic (exact) mass is 249 g/mol. The molecule has 0 saturated carbocycles. The lowest BCUT2D eigenvalue weighted by atomic mass is 10.1. The van der Waals surface area contributed by atoms with E-state index < -0.39 is 6.85 Å². The molecule has 2 aromatic heterocycles. The van der Waals surface area contributed by atoms with Gasteiger partial charge in [-0.3, -0.25) is 9.97 Å². The molecular weight excluding hydrogens is 232 g/mol. The van der Waals surface area contributed by atoms with Gasteiger partial charge >= 0.3 is 0 Å². The van der Waals surface area contributed by atoms with Crippen LogP contribution in [0.25, 0.3) is 22.5 Å². The third-order valence-corrected chi connectivity index (χ3v) is 2.87. The first-order valence-corrected chi connectivity index (χ1v) is 6.03. The van der Waals surface area contributed by atoms with Crippen LogP contribution in [-0.2, 0) is 0 Å². The van der Waals surface area contributed by atoms with Gasteiger partial charge in [0.2, 0.25) is 0 Å². The summed E-state index contributed by atoms with van der Waals surface area (Å²) in [5.74, 6) is 0. The van der Waals surface area contributed by atoms with Gasteiger partial charge in [-0.05, 0) is 31.1 Å². The molecule has 0 fully saturated rings. The second kappa shape index (κ2) is 5.02. The molecule has 0 aliphatic carbocycles. The van der Waals surface area contributed by atoms with Crippen molar-refractivity contribution >= 4 is 0 Å². The number of hydrogen-bond donors (Lipinski definition) is 0. The first kappa shape index (κ1) is 8.59. The lowest BCUT2D eigenvalue weighted by molar-refractivity contribution is 1.20. The van der Waals surface area contributed by atoms with Gasteiger partial charge in [0, 0.05) is 27.1 Å². The number of hydrogen-bond acceptors (Lipinski definition) is 2. The lowest BCUT2D eigenvalue weighted by Gasteiger charge is -2.05. The van der Waals surface area contributed by atoms with Gasteiger partial charge in [-0.15, -0.1) is 0 Å². The Hall–Kier alpha value is -2.48. The van der Waals surface area contributed by atoms with Gasteiger partial charge in [-0.25, -0.2) is 0 Å². The van der Waals surface area contributed by atoms with Crippen molar-refractivity contribution in [1.82, 2.24) is 9.97 Å². The predicted octanol–water partition coefficient (Wildman–Crippen LogP) is 4.12. The first-order chi connectivity index (χ1) is 10.5. The average Bonchev–Trinajstić information content (AvgIpc) is 2.55. The number of benzene rings is 1. The van der Waals surface area contributed by atoms with Crippen molar-refractivity contribution in [2.75, 3.05) is 0 Å². The Balaban J connectivity index is 2.03. The van der Waals surface area contributed by atoms with Crippen molar-refractivity contribution in [3.8, 4) is 22.5 Å². The molecule has 92 valence electrons. The molecule has 0 bridgehead atoms. The van der Waals surface area contributed by atoms with Crippen LogP contribution in [0.3, 0.4) is 0 Å². The summed E-state index contributed by atoms with van der Waals surface area (Å²) < 4.78 is 22.4. The van der Waals surface area contributed by atoms with Crippen LogP contribution in [0.2, 0.25) is 0 Å². The molecule has 3 rings (SSSR count). The van der Waals surface area contributed by atoms with Crippen LogP contribution in [0.5, 0.6) is 0 Å². The molecule has 0 atom stereocenters. The molecule has 0 saturated heterocycles. The third-order valence-electron chi connectivity index (χ3n) is 2.87. The number of aromatic nitrogens is 2. The van der Waals surface area contributed by atoms with E-state index in [4.69, 9.17) is 4.11 Å². The van der Waals surface area contributed by atoms with Crippen molar-refractivity contribution < 1.29 is 4.11 Å². The highest BCUT2D eigenvalue weighted by Gasteiger charge is 2.03. The Bertz CT molecular complexity index is 783. The number of pyridine rings is 2. The SMILES string of the molecule is [2H]C([2H])([2H])c1cccc(-c2ccnc(-c3ccccc3)c2)n1. The molecule has 2 heterocycles. The summed E-state index contributed by atoms with van der Waals surface area (Å²) in [5.41, 5.74) is 3.42.